The maximum absolute atomic E-state index is 8.37. The van der Waals surface area contributed by atoms with Gasteiger partial charge in [0.15, 0.2) is 0 Å². The highest BCUT2D eigenvalue weighted by Gasteiger charge is 2.17. The van der Waals surface area contributed by atoms with Crippen LogP contribution in [0.1, 0.15) is 26.7 Å². The predicted octanol–water partition coefficient (Wildman–Crippen LogP) is 1.21. The number of hydrogen-bond donors (Lipinski definition) is 1. The third-order valence-electron chi connectivity index (χ3n) is 2.08. The van der Waals surface area contributed by atoms with Crippen molar-refractivity contribution in [3.63, 3.8) is 0 Å². The van der Waals surface area contributed by atoms with Crippen LogP contribution in [0.25, 0.3) is 0 Å². The fraction of sp³-hybridized carbons (Fsp3) is 0.900. The van der Waals surface area contributed by atoms with Crippen molar-refractivity contribution in [1.82, 2.24) is 4.90 Å². The van der Waals surface area contributed by atoms with Crippen molar-refractivity contribution in [2.75, 3.05) is 26.7 Å². The van der Waals surface area contributed by atoms with Gasteiger partial charge in [-0.05, 0) is 32.0 Å². The first-order chi connectivity index (χ1) is 6.02. The second-order valence-corrected chi connectivity index (χ2v) is 4.37. The summed E-state index contributed by atoms with van der Waals surface area (Å²) in [6, 6.07) is 2.15. The fourth-order valence-electron chi connectivity index (χ4n) is 1.30. The quantitative estimate of drug-likeness (QED) is 0.630. The molecule has 0 heterocycles. The van der Waals surface area contributed by atoms with Crippen molar-refractivity contribution >= 4 is 0 Å². The van der Waals surface area contributed by atoms with Crippen LogP contribution in [0.4, 0.5) is 0 Å². The van der Waals surface area contributed by atoms with E-state index < -0.39 is 0 Å². The van der Waals surface area contributed by atoms with E-state index in [0.717, 1.165) is 19.5 Å². The Hall–Kier alpha value is -0.590. The van der Waals surface area contributed by atoms with E-state index in [-0.39, 0.29) is 5.41 Å². The van der Waals surface area contributed by atoms with Gasteiger partial charge >= 0.3 is 0 Å². The zero-order valence-corrected chi connectivity index (χ0v) is 9.01. The fourth-order valence-corrected chi connectivity index (χ4v) is 1.30. The molecular formula is C10H21N3. The van der Waals surface area contributed by atoms with Gasteiger partial charge in [-0.1, -0.05) is 13.8 Å². The summed E-state index contributed by atoms with van der Waals surface area (Å²) in [6.07, 6.45) is 1.60. The minimum Gasteiger partial charge on any atom is -0.330 e. The molecule has 0 spiro atoms. The number of unbranched alkanes of at least 4 members (excludes halogenated alkanes) is 1. The smallest absolute Gasteiger partial charge is 0.0622 e. The molecule has 0 saturated heterocycles. The van der Waals surface area contributed by atoms with E-state index in [1.807, 2.05) is 0 Å². The maximum atomic E-state index is 8.37. The zero-order chi connectivity index (χ0) is 10.3. The Labute approximate surface area is 81.5 Å². The summed E-state index contributed by atoms with van der Waals surface area (Å²) < 4.78 is 0. The number of nitrogens with two attached hydrogens (primary N) is 1. The molecular weight excluding hydrogens is 162 g/mol. The number of nitrogens with zero attached hydrogens (tertiary/aromatic N) is 2. The summed E-state index contributed by atoms with van der Waals surface area (Å²) in [6.45, 7) is 7.00. The SMILES string of the molecule is CN(CCCC#N)CC(C)(C)CN. The molecule has 3 nitrogen and oxygen atoms in total. The van der Waals surface area contributed by atoms with Crippen molar-refractivity contribution in [3.8, 4) is 6.07 Å². The van der Waals surface area contributed by atoms with Gasteiger partial charge in [0, 0.05) is 13.0 Å². The Morgan fingerprint density at radius 2 is 2.08 bits per heavy atom. The van der Waals surface area contributed by atoms with Gasteiger partial charge in [-0.25, -0.2) is 0 Å². The first-order valence-corrected chi connectivity index (χ1v) is 4.77. The van der Waals surface area contributed by atoms with Crippen molar-refractivity contribution in [2.24, 2.45) is 11.1 Å². The molecule has 0 unspecified atom stereocenters. The monoisotopic (exact) mass is 183 g/mol. The van der Waals surface area contributed by atoms with Crippen molar-refractivity contribution in [1.29, 1.82) is 5.26 Å². The molecule has 0 radical (unpaired) electrons. The number of rotatable bonds is 6. The largest absolute Gasteiger partial charge is 0.330 e. The van der Waals surface area contributed by atoms with Crippen molar-refractivity contribution < 1.29 is 0 Å². The lowest BCUT2D eigenvalue weighted by Crippen LogP contribution is -2.37. The van der Waals surface area contributed by atoms with Gasteiger partial charge in [-0.2, -0.15) is 5.26 Å². The lowest BCUT2D eigenvalue weighted by Gasteiger charge is -2.28. The van der Waals surface area contributed by atoms with Crippen LogP contribution in [0, 0.1) is 16.7 Å². The highest BCUT2D eigenvalue weighted by molar-refractivity contribution is 4.74. The Morgan fingerprint density at radius 1 is 1.46 bits per heavy atom. The molecule has 0 aromatic rings. The lowest BCUT2D eigenvalue weighted by molar-refractivity contribution is 0.215. The highest BCUT2D eigenvalue weighted by Crippen LogP contribution is 2.13. The van der Waals surface area contributed by atoms with Crippen molar-refractivity contribution in [3.05, 3.63) is 0 Å². The van der Waals surface area contributed by atoms with Crippen LogP contribution in [0.2, 0.25) is 0 Å². The molecule has 76 valence electrons. The molecule has 0 saturated carbocycles. The normalized spacial score (nSPS) is 11.7. The van der Waals surface area contributed by atoms with E-state index >= 15 is 0 Å². The molecule has 3 heteroatoms. The molecule has 0 atom stereocenters. The van der Waals surface area contributed by atoms with E-state index in [2.05, 4.69) is 31.9 Å². The topological polar surface area (TPSA) is 53.0 Å². The van der Waals surface area contributed by atoms with Crippen molar-refractivity contribution in [2.45, 2.75) is 26.7 Å². The van der Waals surface area contributed by atoms with Crippen LogP contribution in [0.15, 0.2) is 0 Å². The molecule has 0 aromatic carbocycles. The lowest BCUT2D eigenvalue weighted by atomic mass is 9.93. The Bertz CT molecular complexity index is 169. The highest BCUT2D eigenvalue weighted by atomic mass is 15.1. The van der Waals surface area contributed by atoms with Gasteiger partial charge in [0.25, 0.3) is 0 Å². The van der Waals surface area contributed by atoms with Gasteiger partial charge in [0.1, 0.15) is 0 Å². The van der Waals surface area contributed by atoms with Gasteiger partial charge < -0.3 is 10.6 Å². The van der Waals surface area contributed by atoms with Gasteiger partial charge in [-0.3, -0.25) is 0 Å². The molecule has 13 heavy (non-hydrogen) atoms. The second-order valence-electron chi connectivity index (χ2n) is 4.37. The number of nitriles is 1. The van der Waals surface area contributed by atoms with Gasteiger partial charge in [0.05, 0.1) is 6.07 Å². The summed E-state index contributed by atoms with van der Waals surface area (Å²) >= 11 is 0. The predicted molar refractivity (Wildman–Crippen MR) is 55.2 cm³/mol. The minimum absolute atomic E-state index is 0.182. The van der Waals surface area contributed by atoms with Crippen LogP contribution < -0.4 is 5.73 Å². The first kappa shape index (κ1) is 12.4. The van der Waals surface area contributed by atoms with Crippen LogP contribution in [-0.4, -0.2) is 31.6 Å². The average Bonchev–Trinajstić information content (AvgIpc) is 2.04. The molecule has 0 fully saturated rings. The zero-order valence-electron chi connectivity index (χ0n) is 9.01. The van der Waals surface area contributed by atoms with Crippen LogP contribution in [-0.2, 0) is 0 Å². The summed E-state index contributed by atoms with van der Waals surface area (Å²) in [5.74, 6) is 0. The van der Waals surface area contributed by atoms with E-state index in [0.29, 0.717) is 13.0 Å². The first-order valence-electron chi connectivity index (χ1n) is 4.77. The molecule has 0 amide bonds. The Balaban J connectivity index is 3.62. The molecule has 2 N–H and O–H groups in total. The summed E-state index contributed by atoms with van der Waals surface area (Å²) in [5, 5.41) is 8.37. The molecule has 0 rings (SSSR count). The Kier molecular flexibility index (Phi) is 5.68. The van der Waals surface area contributed by atoms with Crippen LogP contribution in [0.3, 0.4) is 0 Å². The minimum atomic E-state index is 0.182. The second kappa shape index (κ2) is 5.95. The third kappa shape index (κ3) is 6.56. The van der Waals surface area contributed by atoms with E-state index in [9.17, 15) is 0 Å². The van der Waals surface area contributed by atoms with E-state index in [1.54, 1.807) is 0 Å². The molecule has 0 aliphatic carbocycles. The standard InChI is InChI=1S/C10H21N3/c1-10(2,8-12)9-13(3)7-5-4-6-11/h4-5,7-9,12H2,1-3H3. The van der Waals surface area contributed by atoms with E-state index in [4.69, 9.17) is 11.0 Å². The summed E-state index contributed by atoms with van der Waals surface area (Å²) in [7, 11) is 2.08. The molecule has 0 bridgehead atoms. The van der Waals surface area contributed by atoms with Gasteiger partial charge in [0.2, 0.25) is 0 Å². The summed E-state index contributed by atoms with van der Waals surface area (Å²) in [5.41, 5.74) is 5.81. The molecule has 0 aliphatic rings. The van der Waals surface area contributed by atoms with Crippen LogP contribution in [0.5, 0.6) is 0 Å². The average molecular weight is 183 g/mol. The molecule has 0 aliphatic heterocycles. The number of hydrogen-bond acceptors (Lipinski definition) is 3. The Morgan fingerprint density at radius 3 is 2.54 bits per heavy atom. The summed E-state index contributed by atoms with van der Waals surface area (Å²) in [4.78, 5) is 2.24. The third-order valence-corrected chi connectivity index (χ3v) is 2.08. The van der Waals surface area contributed by atoms with Gasteiger partial charge in [-0.15, -0.1) is 0 Å². The van der Waals surface area contributed by atoms with E-state index in [1.165, 1.54) is 0 Å². The maximum Gasteiger partial charge on any atom is 0.0622 e. The molecule has 0 aromatic heterocycles. The van der Waals surface area contributed by atoms with Crippen LogP contribution >= 0.6 is 0 Å².